The molecule has 0 amide bonds. The highest BCUT2D eigenvalue weighted by molar-refractivity contribution is 6.31. The zero-order valence-electron chi connectivity index (χ0n) is 18.6. The minimum Gasteiger partial charge on any atom is -0.437 e. The number of halogens is 3. The van der Waals surface area contributed by atoms with Gasteiger partial charge in [0.1, 0.15) is 17.4 Å². The number of ether oxygens (including phenoxy) is 2. The lowest BCUT2D eigenvalue weighted by Crippen LogP contribution is -2.37. The Hall–Kier alpha value is -3.17. The molecule has 3 heterocycles. The van der Waals surface area contributed by atoms with E-state index in [4.69, 9.17) is 21.1 Å². The molecule has 0 saturated carbocycles. The Kier molecular flexibility index (Phi) is 6.38. The monoisotopic (exact) mass is 487 g/mol. The van der Waals surface area contributed by atoms with Crippen LogP contribution in [0.3, 0.4) is 0 Å². The molecule has 1 fully saturated rings. The molecule has 2 aliphatic rings. The normalized spacial score (nSPS) is 16.6. The van der Waals surface area contributed by atoms with E-state index in [1.54, 1.807) is 6.92 Å². The van der Waals surface area contributed by atoms with Crippen molar-refractivity contribution in [3.05, 3.63) is 64.8 Å². The van der Waals surface area contributed by atoms with Crippen LogP contribution < -0.4 is 19.9 Å². The first-order chi connectivity index (χ1) is 16.5. The summed E-state index contributed by atoms with van der Waals surface area (Å²) in [5.41, 5.74) is 1.19. The summed E-state index contributed by atoms with van der Waals surface area (Å²) >= 11 is 6.12. The number of morpholine rings is 1. The summed E-state index contributed by atoms with van der Waals surface area (Å²) in [6.07, 6.45) is 1.53. The van der Waals surface area contributed by atoms with E-state index in [9.17, 15) is 8.78 Å². The van der Waals surface area contributed by atoms with Crippen molar-refractivity contribution in [2.45, 2.75) is 13.0 Å². The van der Waals surface area contributed by atoms with E-state index in [-0.39, 0.29) is 10.6 Å². The zero-order chi connectivity index (χ0) is 23.7. The van der Waals surface area contributed by atoms with Crippen molar-refractivity contribution in [1.29, 1.82) is 0 Å². The van der Waals surface area contributed by atoms with E-state index >= 15 is 0 Å². The number of fused-ring (bicyclic) bond motifs is 1. The van der Waals surface area contributed by atoms with Gasteiger partial charge in [-0.3, -0.25) is 0 Å². The lowest BCUT2D eigenvalue weighted by molar-refractivity contribution is 0.122. The first-order valence-electron chi connectivity index (χ1n) is 11.1. The standard InChI is InChI=1S/C24H24ClF2N5O2/c1-15(21-18(26)6-7-19(27)22(21)25)32-9-8-28-23-24(32)30-20(14-29-23)34-17-4-2-16(3-5-17)31-10-12-33-13-11-31/h2-7,14-15H,8-13H2,1H3,(H,28,29). The average Bonchev–Trinajstić information content (AvgIpc) is 2.87. The Morgan fingerprint density at radius 1 is 1.06 bits per heavy atom. The molecular formula is C24H24ClF2N5O2. The van der Waals surface area contributed by atoms with E-state index in [1.807, 2.05) is 29.2 Å². The summed E-state index contributed by atoms with van der Waals surface area (Å²) in [4.78, 5) is 13.2. The van der Waals surface area contributed by atoms with Gasteiger partial charge in [-0.2, -0.15) is 4.98 Å². The summed E-state index contributed by atoms with van der Waals surface area (Å²) in [6, 6.07) is 9.30. The second-order valence-corrected chi connectivity index (χ2v) is 8.51. The highest BCUT2D eigenvalue weighted by atomic mass is 35.5. The van der Waals surface area contributed by atoms with Crippen LogP contribution in [0.5, 0.6) is 11.6 Å². The van der Waals surface area contributed by atoms with Gasteiger partial charge < -0.3 is 24.6 Å². The number of nitrogens with one attached hydrogen (secondary N) is 1. The van der Waals surface area contributed by atoms with Crippen LogP contribution in [0.1, 0.15) is 18.5 Å². The van der Waals surface area contributed by atoms with Gasteiger partial charge in [0.05, 0.1) is 30.5 Å². The molecule has 34 heavy (non-hydrogen) atoms. The maximum Gasteiger partial charge on any atom is 0.239 e. The molecule has 178 valence electrons. The molecular weight excluding hydrogens is 464 g/mol. The van der Waals surface area contributed by atoms with Crippen LogP contribution in [-0.2, 0) is 4.74 Å². The molecule has 1 N–H and O–H groups in total. The SMILES string of the molecule is CC(c1c(F)ccc(F)c1Cl)N1CCNc2ncc(Oc3ccc(N4CCOCC4)cc3)nc21. The van der Waals surface area contributed by atoms with Crippen LogP contribution in [0.2, 0.25) is 5.02 Å². The molecule has 2 aromatic carbocycles. The van der Waals surface area contributed by atoms with Crippen molar-refractivity contribution < 1.29 is 18.3 Å². The first kappa shape index (κ1) is 22.6. The van der Waals surface area contributed by atoms with Gasteiger partial charge in [-0.1, -0.05) is 11.6 Å². The van der Waals surface area contributed by atoms with Crippen LogP contribution in [-0.4, -0.2) is 49.4 Å². The molecule has 5 rings (SSSR count). The van der Waals surface area contributed by atoms with Crippen LogP contribution in [0, 0.1) is 11.6 Å². The Bertz CT molecular complexity index is 1170. The van der Waals surface area contributed by atoms with Gasteiger partial charge in [-0.15, -0.1) is 0 Å². The number of benzene rings is 2. The predicted molar refractivity (Wildman–Crippen MR) is 127 cm³/mol. The molecule has 1 unspecified atom stereocenters. The minimum atomic E-state index is -0.663. The van der Waals surface area contributed by atoms with Crippen LogP contribution in [0.4, 0.5) is 26.1 Å². The number of hydrogen-bond donors (Lipinski definition) is 1. The van der Waals surface area contributed by atoms with E-state index < -0.39 is 17.7 Å². The maximum atomic E-state index is 14.6. The fourth-order valence-electron chi connectivity index (χ4n) is 4.26. The smallest absolute Gasteiger partial charge is 0.239 e. The van der Waals surface area contributed by atoms with Gasteiger partial charge in [-0.05, 0) is 43.3 Å². The molecule has 1 atom stereocenters. The van der Waals surface area contributed by atoms with Crippen molar-refractivity contribution in [3.8, 4) is 11.6 Å². The minimum absolute atomic E-state index is 0.0846. The highest BCUT2D eigenvalue weighted by Gasteiger charge is 2.29. The molecule has 0 aliphatic carbocycles. The maximum absolute atomic E-state index is 14.6. The fourth-order valence-corrected chi connectivity index (χ4v) is 4.58. The summed E-state index contributed by atoms with van der Waals surface area (Å²) in [7, 11) is 0. The predicted octanol–water partition coefficient (Wildman–Crippen LogP) is 5.03. The third kappa shape index (κ3) is 4.45. The molecule has 0 spiro atoms. The quantitative estimate of drug-likeness (QED) is 0.506. The molecule has 0 bridgehead atoms. The zero-order valence-corrected chi connectivity index (χ0v) is 19.4. The summed E-state index contributed by atoms with van der Waals surface area (Å²) in [5, 5.41) is 2.96. The Morgan fingerprint density at radius 3 is 2.56 bits per heavy atom. The van der Waals surface area contributed by atoms with Crippen LogP contribution in [0.25, 0.3) is 0 Å². The highest BCUT2D eigenvalue weighted by Crippen LogP contribution is 2.38. The topological polar surface area (TPSA) is 62.8 Å². The molecule has 2 aliphatic heterocycles. The van der Waals surface area contributed by atoms with Gasteiger partial charge in [-0.25, -0.2) is 13.8 Å². The van der Waals surface area contributed by atoms with Crippen molar-refractivity contribution in [1.82, 2.24) is 9.97 Å². The van der Waals surface area contributed by atoms with Gasteiger partial charge >= 0.3 is 0 Å². The second-order valence-electron chi connectivity index (χ2n) is 8.13. The van der Waals surface area contributed by atoms with E-state index in [0.29, 0.717) is 36.4 Å². The first-order valence-corrected chi connectivity index (χ1v) is 11.5. The summed E-state index contributed by atoms with van der Waals surface area (Å²) < 4.78 is 40.0. The third-order valence-corrected chi connectivity index (χ3v) is 6.43. The number of anilines is 3. The van der Waals surface area contributed by atoms with Crippen molar-refractivity contribution >= 4 is 28.9 Å². The fraction of sp³-hybridized carbons (Fsp3) is 0.333. The van der Waals surface area contributed by atoms with Crippen molar-refractivity contribution in [2.24, 2.45) is 0 Å². The van der Waals surface area contributed by atoms with Gasteiger partial charge in [0.2, 0.25) is 5.88 Å². The number of hydrogen-bond acceptors (Lipinski definition) is 7. The molecule has 1 aromatic heterocycles. The summed E-state index contributed by atoms with van der Waals surface area (Å²) in [5.74, 6) is 0.712. The van der Waals surface area contributed by atoms with Crippen molar-refractivity contribution in [2.75, 3.05) is 54.5 Å². The lowest BCUT2D eigenvalue weighted by Gasteiger charge is -2.35. The Balaban J connectivity index is 1.38. The average molecular weight is 488 g/mol. The molecule has 10 heteroatoms. The van der Waals surface area contributed by atoms with E-state index in [1.165, 1.54) is 6.20 Å². The largest absolute Gasteiger partial charge is 0.437 e. The van der Waals surface area contributed by atoms with E-state index in [0.717, 1.165) is 44.1 Å². The number of aromatic nitrogens is 2. The Labute approximate surface area is 201 Å². The van der Waals surface area contributed by atoms with Crippen LogP contribution >= 0.6 is 11.6 Å². The molecule has 1 saturated heterocycles. The third-order valence-electron chi connectivity index (χ3n) is 6.05. The lowest BCUT2D eigenvalue weighted by atomic mass is 10.0. The van der Waals surface area contributed by atoms with E-state index in [2.05, 4.69) is 20.2 Å². The number of nitrogens with zero attached hydrogens (tertiary/aromatic N) is 4. The van der Waals surface area contributed by atoms with Gasteiger partial charge in [0.25, 0.3) is 0 Å². The van der Waals surface area contributed by atoms with Gasteiger partial charge in [0.15, 0.2) is 11.6 Å². The molecule has 0 radical (unpaired) electrons. The van der Waals surface area contributed by atoms with Crippen LogP contribution in [0.15, 0.2) is 42.6 Å². The van der Waals surface area contributed by atoms with Gasteiger partial charge in [0, 0.05) is 37.4 Å². The number of rotatable bonds is 5. The van der Waals surface area contributed by atoms with Crippen molar-refractivity contribution in [3.63, 3.8) is 0 Å². The Morgan fingerprint density at radius 2 is 1.79 bits per heavy atom. The molecule has 3 aromatic rings. The second kappa shape index (κ2) is 9.60. The molecule has 7 nitrogen and oxygen atoms in total. The summed E-state index contributed by atoms with van der Waals surface area (Å²) in [6.45, 7) is 5.99.